The zero-order valence-corrected chi connectivity index (χ0v) is 17.2. The molecule has 1 fully saturated rings. The summed E-state index contributed by atoms with van der Waals surface area (Å²) >= 11 is 13.7. The number of hydrogen-bond acceptors (Lipinski definition) is 3. The van der Waals surface area contributed by atoms with Gasteiger partial charge in [0.2, 0.25) is 0 Å². The minimum Gasteiger partial charge on any atom is -0.301 e. The molecule has 0 aromatic rings. The second kappa shape index (κ2) is 5.15. The van der Waals surface area contributed by atoms with E-state index in [0.717, 1.165) is 6.54 Å². The normalized spacial score (nSPS) is 32.6. The van der Waals surface area contributed by atoms with Gasteiger partial charge in [-0.25, -0.2) is 0 Å². The van der Waals surface area contributed by atoms with Gasteiger partial charge in [-0.2, -0.15) is 0 Å². The Morgan fingerprint density at radius 1 is 1.06 bits per heavy atom. The molecule has 1 rings (SSSR count). The second-order valence-corrected chi connectivity index (χ2v) is 24.5. The van der Waals surface area contributed by atoms with E-state index in [4.69, 9.17) is 22.3 Å². The lowest BCUT2D eigenvalue weighted by atomic mass is 10.8. The fourth-order valence-electron chi connectivity index (χ4n) is 2.12. The van der Waals surface area contributed by atoms with E-state index in [2.05, 4.69) is 59.2 Å². The van der Waals surface area contributed by atoms with Crippen molar-refractivity contribution < 1.29 is 0 Å². The molecule has 0 unspecified atom stereocenters. The molecule has 17 heavy (non-hydrogen) atoms. The van der Waals surface area contributed by atoms with Gasteiger partial charge in [-0.1, -0.05) is 57.4 Å². The van der Waals surface area contributed by atoms with E-state index in [-0.39, 0.29) is 0 Å². The topological polar surface area (TPSA) is 18.5 Å². The van der Waals surface area contributed by atoms with E-state index >= 15 is 0 Å². The van der Waals surface area contributed by atoms with Gasteiger partial charge in [0.05, 0.1) is 0 Å². The summed E-state index contributed by atoms with van der Waals surface area (Å²) in [5, 5.41) is 0. The molecule has 0 aliphatic carbocycles. The van der Waals surface area contributed by atoms with E-state index in [0.29, 0.717) is 0 Å². The second-order valence-electron chi connectivity index (χ2n) is 6.32. The summed E-state index contributed by atoms with van der Waals surface area (Å²) in [4.78, 5) is 3.56. The number of halogens is 2. The Hall–Kier alpha value is 1.54. The first-order chi connectivity index (χ1) is 7.46. The third-order valence-electron chi connectivity index (χ3n) is 2.56. The lowest BCUT2D eigenvalue weighted by Gasteiger charge is -2.65. The van der Waals surface area contributed by atoms with Crippen molar-refractivity contribution in [3.8, 4) is 0 Å². The van der Waals surface area contributed by atoms with E-state index < -0.39 is 31.9 Å². The average Bonchev–Trinajstić information content (AvgIpc) is 1.96. The molecule has 0 atom stereocenters. The summed E-state index contributed by atoms with van der Waals surface area (Å²) in [7, 11) is -5.78. The summed E-state index contributed by atoms with van der Waals surface area (Å²) in [6, 6.07) is 0. The fourth-order valence-corrected chi connectivity index (χ4v) is 33.2. The van der Waals surface area contributed by atoms with Crippen LogP contribution in [0.2, 0.25) is 39.3 Å². The molecule has 1 aliphatic heterocycles. The van der Waals surface area contributed by atoms with Gasteiger partial charge in [-0.15, -0.1) is 11.1 Å². The Kier molecular flexibility index (Phi) is 5.02. The third-order valence-corrected chi connectivity index (χ3v) is 26.7. The maximum absolute atomic E-state index is 6.98. The molecule has 1 aliphatic rings. The van der Waals surface area contributed by atoms with E-state index in [1.807, 2.05) is 0 Å². The highest BCUT2D eigenvalue weighted by Gasteiger charge is 2.67. The lowest BCUT2D eigenvalue weighted by Crippen LogP contribution is -2.84. The fraction of sp³-hybridized carbons (Fsp3) is 1.00. The molecule has 0 amide bonds. The van der Waals surface area contributed by atoms with Crippen molar-refractivity contribution in [1.82, 2.24) is 13.0 Å². The van der Waals surface area contributed by atoms with Crippen LogP contribution in [0, 0.1) is 0 Å². The van der Waals surface area contributed by atoms with Gasteiger partial charge >= 0.3 is 7.87 Å². The zero-order chi connectivity index (χ0) is 13.6. The van der Waals surface area contributed by atoms with Crippen molar-refractivity contribution in [2.24, 2.45) is 0 Å². The van der Waals surface area contributed by atoms with Crippen LogP contribution in [-0.4, -0.2) is 38.9 Å². The molecule has 0 spiro atoms. The first kappa shape index (κ1) is 16.6. The van der Waals surface area contributed by atoms with Gasteiger partial charge in [0, 0.05) is 0 Å². The van der Waals surface area contributed by atoms with Crippen molar-refractivity contribution in [2.75, 3.05) is 6.54 Å². The largest absolute Gasteiger partial charge is 0.387 e. The third kappa shape index (κ3) is 3.01. The standard InChI is InChI=1S/C8H24Cl2N3PSi3/c1-8-11-17(10)12(15(2,3)4)14(9)13(17)16(5,6)7/h11H,8H2,1-7H3. The molecule has 1 heterocycles. The van der Waals surface area contributed by atoms with Crippen molar-refractivity contribution in [3.05, 3.63) is 0 Å². The highest BCUT2D eigenvalue weighted by atomic mass is 35.7. The van der Waals surface area contributed by atoms with Crippen molar-refractivity contribution in [1.29, 1.82) is 0 Å². The molecule has 0 aromatic carbocycles. The predicted molar refractivity (Wildman–Crippen MR) is 88.4 cm³/mol. The molecular formula is C8H24Cl2N3PSi3. The summed E-state index contributed by atoms with van der Waals surface area (Å²) in [5.74, 6) is 0. The molecule has 102 valence electrons. The highest BCUT2D eigenvalue weighted by Crippen LogP contribution is 2.68. The van der Waals surface area contributed by atoms with E-state index in [9.17, 15) is 0 Å². The number of nitrogens with zero attached hydrogens (tertiary/aromatic N) is 2. The Bertz CT molecular complexity index is 273. The molecule has 3 nitrogen and oxygen atoms in total. The van der Waals surface area contributed by atoms with Crippen LogP contribution in [0.25, 0.3) is 0 Å². The summed E-state index contributed by atoms with van der Waals surface area (Å²) in [6.07, 6.45) is 0. The van der Waals surface area contributed by atoms with Crippen LogP contribution in [0.4, 0.5) is 0 Å². The monoisotopic (exact) mass is 347 g/mol. The zero-order valence-electron chi connectivity index (χ0n) is 11.8. The molecule has 0 aromatic heterocycles. The summed E-state index contributed by atoms with van der Waals surface area (Å²) in [6.45, 7) is 17.0. The first-order valence-electron chi connectivity index (χ1n) is 5.96. The lowest BCUT2D eigenvalue weighted by molar-refractivity contribution is 0.686. The van der Waals surface area contributed by atoms with Gasteiger partial charge in [0.15, 0.2) is 0 Å². The van der Waals surface area contributed by atoms with Crippen LogP contribution in [0.15, 0.2) is 0 Å². The van der Waals surface area contributed by atoms with Crippen LogP contribution < -0.4 is 4.98 Å². The molecule has 1 saturated heterocycles. The van der Waals surface area contributed by atoms with Gasteiger partial charge < -0.3 is 4.98 Å². The number of hydrogen-bond donors (Lipinski definition) is 1. The SMILES string of the molecule is CCN[Si]1(Cl)N([Si](C)(C)C)P(Cl)N1[Si](C)(C)C. The highest BCUT2D eigenvalue weighted by molar-refractivity contribution is 7.90. The van der Waals surface area contributed by atoms with Crippen LogP contribution in [0.5, 0.6) is 0 Å². The summed E-state index contributed by atoms with van der Waals surface area (Å²) < 4.78 is 4.94. The van der Waals surface area contributed by atoms with Crippen molar-refractivity contribution in [3.63, 3.8) is 0 Å². The van der Waals surface area contributed by atoms with Gasteiger partial charge in [-0.3, -0.25) is 8.00 Å². The summed E-state index contributed by atoms with van der Waals surface area (Å²) in [5.41, 5.74) is 0. The molecule has 0 saturated carbocycles. The molecule has 0 bridgehead atoms. The maximum atomic E-state index is 6.98. The molecule has 9 heteroatoms. The quantitative estimate of drug-likeness (QED) is 0.470. The Labute approximate surface area is 120 Å². The van der Waals surface area contributed by atoms with E-state index in [1.54, 1.807) is 0 Å². The molecule has 1 N–H and O–H groups in total. The minimum absolute atomic E-state index is 0.691. The van der Waals surface area contributed by atoms with Crippen LogP contribution in [-0.2, 0) is 0 Å². The van der Waals surface area contributed by atoms with Gasteiger partial charge in [0.1, 0.15) is 24.0 Å². The number of nitrogens with one attached hydrogen (secondary N) is 1. The minimum atomic E-state index is -2.18. The smallest absolute Gasteiger partial charge is 0.301 e. The Morgan fingerprint density at radius 3 is 1.65 bits per heavy atom. The molecular weight excluding hydrogens is 324 g/mol. The van der Waals surface area contributed by atoms with E-state index in [1.165, 1.54) is 0 Å². The van der Waals surface area contributed by atoms with Crippen LogP contribution in [0.1, 0.15) is 6.92 Å². The van der Waals surface area contributed by atoms with Crippen molar-refractivity contribution >= 4 is 54.2 Å². The Balaban J connectivity index is 3.06. The maximum Gasteiger partial charge on any atom is 0.387 e. The predicted octanol–water partition coefficient (Wildman–Crippen LogP) is 4.02. The molecule has 0 radical (unpaired) electrons. The van der Waals surface area contributed by atoms with Gasteiger partial charge in [0.25, 0.3) is 0 Å². The van der Waals surface area contributed by atoms with Gasteiger partial charge in [-0.05, 0) is 6.54 Å². The van der Waals surface area contributed by atoms with Crippen LogP contribution >= 0.6 is 29.9 Å². The number of rotatable bonds is 4. The first-order valence-corrected chi connectivity index (χ1v) is 17.9. The average molecular weight is 348 g/mol. The van der Waals surface area contributed by atoms with Crippen LogP contribution in [0.3, 0.4) is 0 Å². The Morgan fingerprint density at radius 2 is 1.41 bits per heavy atom. The van der Waals surface area contributed by atoms with Crippen molar-refractivity contribution in [2.45, 2.75) is 46.2 Å².